The van der Waals surface area contributed by atoms with Crippen LogP contribution in [-0.4, -0.2) is 44.7 Å². The number of carboxylic acid groups (broad SMARTS) is 1. The van der Waals surface area contributed by atoms with Crippen LogP contribution >= 0.6 is 11.6 Å². The molecule has 2 rings (SSSR count). The van der Waals surface area contributed by atoms with Crippen LogP contribution in [0.15, 0.2) is 47.4 Å². The van der Waals surface area contributed by atoms with E-state index in [0.717, 1.165) is 11.1 Å². The molecule has 0 amide bonds. The zero-order chi connectivity index (χ0) is 21.3. The largest absolute Gasteiger partial charge is 0.496 e. The van der Waals surface area contributed by atoms with Gasteiger partial charge in [-0.1, -0.05) is 29.3 Å². The molecule has 0 aliphatic heterocycles. The van der Waals surface area contributed by atoms with Gasteiger partial charge >= 0.3 is 5.97 Å². The third kappa shape index (κ3) is 7.85. The molecule has 2 aromatic carbocycles. The van der Waals surface area contributed by atoms with E-state index < -0.39 is 22.0 Å². The molecule has 0 heterocycles. The Morgan fingerprint density at radius 3 is 2.29 bits per heavy atom. The summed E-state index contributed by atoms with van der Waals surface area (Å²) in [6.45, 7) is 2.25. The van der Waals surface area contributed by atoms with Gasteiger partial charge in [0.1, 0.15) is 5.75 Å². The molecule has 0 aliphatic carbocycles. The summed E-state index contributed by atoms with van der Waals surface area (Å²) in [7, 11) is -0.736. The molecular weight excluding hydrogens is 406 g/mol. The van der Waals surface area contributed by atoms with E-state index in [9.17, 15) is 13.2 Å². The molecule has 0 spiro atoms. The van der Waals surface area contributed by atoms with Crippen molar-refractivity contribution in [2.24, 2.45) is 5.92 Å². The second-order valence-corrected chi connectivity index (χ2v) is 7.90. The number of aryl methyl sites for hydroxylation is 1. The van der Waals surface area contributed by atoms with Crippen LogP contribution in [-0.2, 0) is 21.3 Å². The SMILES string of the molecule is CNC[C@H](Cc1cc(Cl)ccc1OC)C(=O)O.Cc1ccc(S(=O)(=O)O)cc1. The molecule has 1 atom stereocenters. The average Bonchev–Trinajstić information content (AvgIpc) is 2.61. The first-order valence-corrected chi connectivity index (χ1v) is 10.1. The van der Waals surface area contributed by atoms with Gasteiger partial charge in [0.2, 0.25) is 0 Å². The van der Waals surface area contributed by atoms with Gasteiger partial charge in [0.15, 0.2) is 0 Å². The number of rotatable bonds is 7. The third-order valence-corrected chi connectivity index (χ3v) is 4.93. The maximum atomic E-state index is 11.1. The van der Waals surface area contributed by atoms with E-state index in [1.54, 1.807) is 44.5 Å². The van der Waals surface area contributed by atoms with E-state index >= 15 is 0 Å². The third-order valence-electron chi connectivity index (χ3n) is 3.83. The molecular formula is C19H24ClNO6S. The summed E-state index contributed by atoms with van der Waals surface area (Å²) in [6, 6.07) is 11.2. The Hall–Kier alpha value is -2.13. The summed E-state index contributed by atoms with van der Waals surface area (Å²) in [5, 5.41) is 12.5. The molecule has 0 bridgehead atoms. The van der Waals surface area contributed by atoms with Crippen LogP contribution in [0, 0.1) is 12.8 Å². The van der Waals surface area contributed by atoms with Crippen molar-refractivity contribution < 1.29 is 27.6 Å². The first-order valence-electron chi connectivity index (χ1n) is 8.32. The van der Waals surface area contributed by atoms with Gasteiger partial charge in [0, 0.05) is 11.6 Å². The molecule has 0 radical (unpaired) electrons. The Labute approximate surface area is 170 Å². The van der Waals surface area contributed by atoms with Gasteiger partial charge in [-0.15, -0.1) is 0 Å². The smallest absolute Gasteiger partial charge is 0.308 e. The number of benzene rings is 2. The second-order valence-electron chi connectivity index (χ2n) is 6.04. The van der Waals surface area contributed by atoms with Crippen molar-refractivity contribution in [3.63, 3.8) is 0 Å². The lowest BCUT2D eigenvalue weighted by Gasteiger charge is -2.14. The van der Waals surface area contributed by atoms with Crippen LogP contribution in [0.5, 0.6) is 5.75 Å². The van der Waals surface area contributed by atoms with E-state index in [0.29, 0.717) is 23.7 Å². The van der Waals surface area contributed by atoms with Crippen molar-refractivity contribution in [1.29, 1.82) is 0 Å². The fourth-order valence-corrected chi connectivity index (χ4v) is 3.05. The molecule has 2 aromatic rings. The number of methoxy groups -OCH3 is 1. The highest BCUT2D eigenvalue weighted by Crippen LogP contribution is 2.25. The molecule has 0 saturated heterocycles. The first kappa shape index (κ1) is 23.9. The minimum atomic E-state index is -4.02. The average molecular weight is 430 g/mol. The molecule has 28 heavy (non-hydrogen) atoms. The molecule has 0 aromatic heterocycles. The molecule has 0 saturated carbocycles. The Morgan fingerprint density at radius 2 is 1.82 bits per heavy atom. The number of hydrogen-bond donors (Lipinski definition) is 3. The van der Waals surface area contributed by atoms with Gasteiger partial charge in [0.25, 0.3) is 10.1 Å². The lowest BCUT2D eigenvalue weighted by Crippen LogP contribution is -2.27. The van der Waals surface area contributed by atoms with Crippen molar-refractivity contribution in [2.75, 3.05) is 20.7 Å². The number of aliphatic carboxylic acids is 1. The number of ether oxygens (including phenoxy) is 1. The summed E-state index contributed by atoms with van der Waals surface area (Å²) < 4.78 is 34.7. The van der Waals surface area contributed by atoms with Gasteiger partial charge in [-0.2, -0.15) is 8.42 Å². The van der Waals surface area contributed by atoms with Crippen molar-refractivity contribution in [3.8, 4) is 5.75 Å². The normalized spacial score (nSPS) is 11.9. The Balaban J connectivity index is 0.000000307. The van der Waals surface area contributed by atoms with Crippen LogP contribution < -0.4 is 10.1 Å². The molecule has 3 N–H and O–H groups in total. The monoisotopic (exact) mass is 429 g/mol. The number of hydrogen-bond acceptors (Lipinski definition) is 5. The zero-order valence-corrected chi connectivity index (χ0v) is 17.4. The maximum absolute atomic E-state index is 11.1. The highest BCUT2D eigenvalue weighted by atomic mass is 35.5. The van der Waals surface area contributed by atoms with Gasteiger partial charge in [-0.05, 0) is 56.3 Å². The molecule has 154 valence electrons. The van der Waals surface area contributed by atoms with Crippen molar-refractivity contribution in [3.05, 3.63) is 58.6 Å². The predicted octanol–water partition coefficient (Wildman–Crippen LogP) is 3.05. The highest BCUT2D eigenvalue weighted by Gasteiger charge is 2.19. The molecule has 0 aliphatic rings. The summed E-state index contributed by atoms with van der Waals surface area (Å²) in [6.07, 6.45) is 0.389. The number of carboxylic acids is 1. The minimum Gasteiger partial charge on any atom is -0.496 e. The van der Waals surface area contributed by atoms with E-state index in [1.807, 2.05) is 6.92 Å². The van der Waals surface area contributed by atoms with Crippen molar-refractivity contribution in [2.45, 2.75) is 18.2 Å². The predicted molar refractivity (Wildman–Crippen MR) is 108 cm³/mol. The van der Waals surface area contributed by atoms with Gasteiger partial charge in [-0.25, -0.2) is 0 Å². The Kier molecular flexibility index (Phi) is 9.40. The van der Waals surface area contributed by atoms with E-state index in [-0.39, 0.29) is 4.90 Å². The topological polar surface area (TPSA) is 113 Å². The summed E-state index contributed by atoms with van der Waals surface area (Å²) in [5.41, 5.74) is 1.76. The molecule has 0 unspecified atom stereocenters. The molecule has 7 nitrogen and oxygen atoms in total. The van der Waals surface area contributed by atoms with Gasteiger partial charge in [0.05, 0.1) is 17.9 Å². The summed E-state index contributed by atoms with van der Waals surface area (Å²) in [5.74, 6) is -0.662. The Bertz CT molecular complexity index is 884. The lowest BCUT2D eigenvalue weighted by molar-refractivity contribution is -0.141. The van der Waals surface area contributed by atoms with Crippen LogP contribution in [0.25, 0.3) is 0 Å². The standard InChI is InChI=1S/C12H16ClNO3.C7H8O3S/c1-14-7-9(12(15)16)5-8-6-10(13)3-4-11(8)17-2;1-6-2-4-7(5-3-6)11(8,9)10/h3-4,6,9,14H,5,7H2,1-2H3,(H,15,16);2-5H,1H3,(H,8,9,10)/t9-;/m0./s1. The highest BCUT2D eigenvalue weighted by molar-refractivity contribution is 7.85. The van der Waals surface area contributed by atoms with Crippen molar-refractivity contribution in [1.82, 2.24) is 5.32 Å². The first-order chi connectivity index (χ1) is 13.1. The van der Waals surface area contributed by atoms with E-state index in [2.05, 4.69) is 5.32 Å². The molecule has 0 fully saturated rings. The fourth-order valence-electron chi connectivity index (χ4n) is 2.38. The quantitative estimate of drug-likeness (QED) is 0.579. The van der Waals surface area contributed by atoms with Crippen molar-refractivity contribution >= 4 is 27.7 Å². The van der Waals surface area contributed by atoms with Crippen LogP contribution in [0.2, 0.25) is 5.02 Å². The molecule has 9 heteroatoms. The lowest BCUT2D eigenvalue weighted by atomic mass is 9.98. The van der Waals surface area contributed by atoms with Crippen LogP contribution in [0.4, 0.5) is 0 Å². The summed E-state index contributed by atoms with van der Waals surface area (Å²) in [4.78, 5) is 11.0. The number of nitrogens with one attached hydrogen (secondary N) is 1. The Morgan fingerprint density at radius 1 is 1.21 bits per heavy atom. The van der Waals surface area contributed by atoms with E-state index in [4.69, 9.17) is 26.0 Å². The van der Waals surface area contributed by atoms with Gasteiger partial charge < -0.3 is 15.2 Å². The fraction of sp³-hybridized carbons (Fsp3) is 0.316. The number of carbonyl (C=O) groups is 1. The van der Waals surface area contributed by atoms with Crippen LogP contribution in [0.3, 0.4) is 0 Å². The summed E-state index contributed by atoms with van der Waals surface area (Å²) >= 11 is 5.90. The van der Waals surface area contributed by atoms with Crippen LogP contribution in [0.1, 0.15) is 11.1 Å². The number of halogens is 1. The second kappa shape index (κ2) is 11.0. The zero-order valence-electron chi connectivity index (χ0n) is 15.8. The van der Waals surface area contributed by atoms with E-state index in [1.165, 1.54) is 12.1 Å². The minimum absolute atomic E-state index is 0.0666. The maximum Gasteiger partial charge on any atom is 0.308 e. The van der Waals surface area contributed by atoms with Gasteiger partial charge in [-0.3, -0.25) is 9.35 Å².